The van der Waals surface area contributed by atoms with Crippen LogP contribution in [-0.4, -0.2) is 62.1 Å². The van der Waals surface area contributed by atoms with Crippen LogP contribution in [-0.2, 0) is 7.05 Å². The summed E-state index contributed by atoms with van der Waals surface area (Å²) in [5, 5.41) is 16.6. The molecule has 4 aromatic rings. The van der Waals surface area contributed by atoms with Gasteiger partial charge in [0.1, 0.15) is 22.8 Å². The third kappa shape index (κ3) is 4.48. The van der Waals surface area contributed by atoms with Crippen molar-refractivity contribution in [2.75, 3.05) is 30.4 Å². The number of halogens is 2. The van der Waals surface area contributed by atoms with Gasteiger partial charge in [-0.25, -0.2) is 13.6 Å². The summed E-state index contributed by atoms with van der Waals surface area (Å²) in [6.07, 6.45) is 6.76. The maximum absolute atomic E-state index is 13.9. The first-order valence-electron chi connectivity index (χ1n) is 11.2. The number of nitrogens with zero attached hydrogens (tertiary/aromatic N) is 7. The fraction of sp³-hybridized carbons (Fsp3) is 0.292. The molecule has 11 heteroatoms. The van der Waals surface area contributed by atoms with E-state index in [9.17, 15) is 13.6 Å². The largest absolute Gasteiger partial charge is 0.353 e. The minimum atomic E-state index is -0.811. The summed E-state index contributed by atoms with van der Waals surface area (Å²) in [7, 11) is 3.53. The number of piperidine rings is 1. The standard InChI is InChI=1S/C24H24F2N8O/c1-32-14-15(13-28-32)21-18-4-3-9-27-22(18)23(31-30-21)34-10-7-17(8-11-34)33(2)24(35)29-20-6-5-16(25)12-19(20)26/h3-6,9,12-14,17H,7-8,10-11H2,1-2H3,(H,29,35). The predicted octanol–water partition coefficient (Wildman–Crippen LogP) is 3.84. The minimum Gasteiger partial charge on any atom is -0.353 e. The molecule has 1 fully saturated rings. The molecule has 0 radical (unpaired) electrons. The molecule has 0 bridgehead atoms. The summed E-state index contributed by atoms with van der Waals surface area (Å²) < 4.78 is 28.8. The molecule has 1 aliphatic heterocycles. The molecule has 0 unspecified atom stereocenters. The van der Waals surface area contributed by atoms with Crippen LogP contribution in [0, 0.1) is 11.6 Å². The van der Waals surface area contributed by atoms with Crippen LogP contribution in [0.15, 0.2) is 48.9 Å². The van der Waals surface area contributed by atoms with Gasteiger partial charge in [0, 0.05) is 62.6 Å². The Morgan fingerprint density at radius 1 is 1.17 bits per heavy atom. The van der Waals surface area contributed by atoms with E-state index in [4.69, 9.17) is 0 Å². The van der Waals surface area contributed by atoms with Gasteiger partial charge in [-0.3, -0.25) is 9.67 Å². The number of hydrogen-bond donors (Lipinski definition) is 1. The molecule has 0 atom stereocenters. The highest BCUT2D eigenvalue weighted by Crippen LogP contribution is 2.31. The number of nitrogens with one attached hydrogen (secondary N) is 1. The fourth-order valence-electron chi connectivity index (χ4n) is 4.37. The molecule has 5 rings (SSSR count). The first-order valence-corrected chi connectivity index (χ1v) is 11.2. The van der Waals surface area contributed by atoms with Crippen LogP contribution >= 0.6 is 0 Å². The number of carbonyl (C=O) groups excluding carboxylic acids is 1. The maximum atomic E-state index is 13.9. The number of fused-ring (bicyclic) bond motifs is 1. The van der Waals surface area contributed by atoms with Crippen molar-refractivity contribution in [1.82, 2.24) is 29.9 Å². The summed E-state index contributed by atoms with van der Waals surface area (Å²) >= 11 is 0. The number of aryl methyl sites for hydroxylation is 1. The Balaban J connectivity index is 1.29. The highest BCUT2D eigenvalue weighted by Gasteiger charge is 2.28. The van der Waals surface area contributed by atoms with E-state index in [2.05, 4.69) is 30.5 Å². The van der Waals surface area contributed by atoms with E-state index < -0.39 is 17.7 Å². The van der Waals surface area contributed by atoms with Gasteiger partial charge in [0.05, 0.1) is 11.9 Å². The number of amides is 2. The van der Waals surface area contributed by atoms with Crippen molar-refractivity contribution in [3.8, 4) is 11.3 Å². The fourth-order valence-corrected chi connectivity index (χ4v) is 4.37. The van der Waals surface area contributed by atoms with Crippen LogP contribution in [0.3, 0.4) is 0 Å². The van der Waals surface area contributed by atoms with Crippen LogP contribution in [0.2, 0.25) is 0 Å². The monoisotopic (exact) mass is 478 g/mol. The molecule has 1 N–H and O–H groups in total. The lowest BCUT2D eigenvalue weighted by Crippen LogP contribution is -2.47. The van der Waals surface area contributed by atoms with Gasteiger partial charge in [-0.05, 0) is 37.1 Å². The molecule has 9 nitrogen and oxygen atoms in total. The molecule has 0 aliphatic carbocycles. The van der Waals surface area contributed by atoms with Crippen LogP contribution in [0.25, 0.3) is 22.2 Å². The van der Waals surface area contributed by atoms with Crippen molar-refractivity contribution in [3.63, 3.8) is 0 Å². The van der Waals surface area contributed by atoms with Crippen molar-refractivity contribution < 1.29 is 13.6 Å². The summed E-state index contributed by atoms with van der Waals surface area (Å²) in [5.41, 5.74) is 2.30. The zero-order valence-corrected chi connectivity index (χ0v) is 19.3. The van der Waals surface area contributed by atoms with Gasteiger partial charge >= 0.3 is 6.03 Å². The Kier molecular flexibility index (Phi) is 5.98. The number of pyridine rings is 1. The van der Waals surface area contributed by atoms with Gasteiger partial charge in [0.2, 0.25) is 0 Å². The topological polar surface area (TPSA) is 92.1 Å². The lowest BCUT2D eigenvalue weighted by Gasteiger charge is -2.37. The Labute approximate surface area is 200 Å². The van der Waals surface area contributed by atoms with E-state index in [1.54, 1.807) is 29.0 Å². The highest BCUT2D eigenvalue weighted by molar-refractivity contribution is 5.97. The number of benzene rings is 1. The average Bonchev–Trinajstić information content (AvgIpc) is 3.30. The first kappa shape index (κ1) is 22.6. The Hall–Kier alpha value is -4.15. The number of rotatable bonds is 4. The Morgan fingerprint density at radius 2 is 1.97 bits per heavy atom. The number of anilines is 2. The second-order valence-electron chi connectivity index (χ2n) is 8.56. The van der Waals surface area contributed by atoms with Crippen molar-refractivity contribution in [2.45, 2.75) is 18.9 Å². The molecule has 0 spiro atoms. The third-order valence-corrected chi connectivity index (χ3v) is 6.30. The van der Waals surface area contributed by atoms with Gasteiger partial charge in [0.15, 0.2) is 5.82 Å². The number of urea groups is 1. The van der Waals surface area contributed by atoms with Gasteiger partial charge in [0.25, 0.3) is 0 Å². The zero-order valence-electron chi connectivity index (χ0n) is 19.3. The van der Waals surface area contributed by atoms with Crippen LogP contribution in [0.4, 0.5) is 25.1 Å². The number of hydrogen-bond acceptors (Lipinski definition) is 6. The number of aromatic nitrogens is 5. The lowest BCUT2D eigenvalue weighted by atomic mass is 10.0. The second-order valence-corrected chi connectivity index (χ2v) is 8.56. The molecule has 0 saturated carbocycles. The van der Waals surface area contributed by atoms with Crippen LogP contribution in [0.1, 0.15) is 12.8 Å². The third-order valence-electron chi connectivity index (χ3n) is 6.30. The van der Waals surface area contributed by atoms with Crippen molar-refractivity contribution >= 4 is 28.4 Å². The van der Waals surface area contributed by atoms with E-state index in [0.29, 0.717) is 31.7 Å². The molecule has 2 amide bonds. The normalized spacial score (nSPS) is 14.3. The lowest BCUT2D eigenvalue weighted by molar-refractivity contribution is 0.192. The molecule has 1 aromatic carbocycles. The van der Waals surface area contributed by atoms with Gasteiger partial charge in [-0.1, -0.05) is 0 Å². The van der Waals surface area contributed by atoms with E-state index >= 15 is 0 Å². The minimum absolute atomic E-state index is 0.0448. The molecular weight excluding hydrogens is 454 g/mol. The molecule has 1 saturated heterocycles. The second kappa shape index (κ2) is 9.24. The summed E-state index contributed by atoms with van der Waals surface area (Å²) in [5.74, 6) is -0.804. The van der Waals surface area contributed by atoms with E-state index in [0.717, 1.165) is 34.3 Å². The van der Waals surface area contributed by atoms with Crippen molar-refractivity contribution in [1.29, 1.82) is 0 Å². The number of carbonyl (C=O) groups is 1. The molecule has 180 valence electrons. The summed E-state index contributed by atoms with van der Waals surface area (Å²) in [6, 6.07) is 6.42. The molecule has 3 aromatic heterocycles. The molecule has 1 aliphatic rings. The Bertz CT molecular complexity index is 1380. The van der Waals surface area contributed by atoms with Gasteiger partial charge in [-0.2, -0.15) is 5.10 Å². The van der Waals surface area contributed by atoms with Crippen LogP contribution < -0.4 is 10.2 Å². The average molecular weight is 479 g/mol. The van der Waals surface area contributed by atoms with E-state index in [-0.39, 0.29) is 11.7 Å². The first-order chi connectivity index (χ1) is 16.9. The molecule has 4 heterocycles. The predicted molar refractivity (Wildman–Crippen MR) is 128 cm³/mol. The quantitative estimate of drug-likeness (QED) is 0.479. The van der Waals surface area contributed by atoms with Crippen molar-refractivity contribution in [2.24, 2.45) is 7.05 Å². The maximum Gasteiger partial charge on any atom is 0.321 e. The van der Waals surface area contributed by atoms with E-state index in [1.807, 2.05) is 25.4 Å². The summed E-state index contributed by atoms with van der Waals surface area (Å²) in [6.45, 7) is 1.31. The van der Waals surface area contributed by atoms with Crippen LogP contribution in [0.5, 0.6) is 0 Å². The van der Waals surface area contributed by atoms with Gasteiger partial charge < -0.3 is 15.1 Å². The van der Waals surface area contributed by atoms with E-state index in [1.165, 1.54) is 6.07 Å². The molecular formula is C24H24F2N8O. The summed E-state index contributed by atoms with van der Waals surface area (Å²) in [4.78, 5) is 20.9. The highest BCUT2D eigenvalue weighted by atomic mass is 19.1. The molecule has 35 heavy (non-hydrogen) atoms. The smallest absolute Gasteiger partial charge is 0.321 e. The van der Waals surface area contributed by atoms with Crippen molar-refractivity contribution in [3.05, 3.63) is 60.6 Å². The zero-order chi connectivity index (χ0) is 24.5. The Morgan fingerprint density at radius 3 is 2.69 bits per heavy atom. The SMILES string of the molecule is CN(C(=O)Nc1ccc(F)cc1F)C1CCN(c2nnc(-c3cnn(C)c3)c3cccnc23)CC1. The van der Waals surface area contributed by atoms with Gasteiger partial charge in [-0.15, -0.1) is 10.2 Å².